The number of phenols is 13. The van der Waals surface area contributed by atoms with Crippen LogP contribution in [0.15, 0.2) is 78.9 Å². The maximum absolute atomic E-state index is 11.4. The lowest BCUT2D eigenvalue weighted by Gasteiger charge is -2.29. The summed E-state index contributed by atoms with van der Waals surface area (Å²) in [4.78, 5) is 0. The number of benzene rings is 7. The van der Waals surface area contributed by atoms with E-state index in [2.05, 4.69) is 0 Å². The van der Waals surface area contributed by atoms with Crippen molar-refractivity contribution in [1.82, 2.24) is 0 Å². The summed E-state index contributed by atoms with van der Waals surface area (Å²) in [6.45, 7) is 0. The summed E-state index contributed by atoms with van der Waals surface area (Å²) in [5.41, 5.74) is -1.09. The molecule has 2 heterocycles. The maximum Gasteiger partial charge on any atom is 0.220 e. The molecule has 0 amide bonds. The largest absolute Gasteiger partial charge is 0.508 e. The van der Waals surface area contributed by atoms with Crippen LogP contribution in [0.5, 0.6) is 155 Å². The minimum atomic E-state index is -0.838. The lowest BCUT2D eigenvalue weighted by atomic mass is 9.98. The highest BCUT2D eigenvalue weighted by molar-refractivity contribution is 5.93. The monoisotopic (exact) mass is 850 g/mol. The highest BCUT2D eigenvalue weighted by Crippen LogP contribution is 2.68. The van der Waals surface area contributed by atoms with Gasteiger partial charge in [-0.3, -0.25) is 0 Å². The molecule has 0 spiro atoms. The summed E-state index contributed by atoms with van der Waals surface area (Å²) in [5.74, 6) is -15.8. The zero-order chi connectivity index (χ0) is 43.9. The van der Waals surface area contributed by atoms with Crippen LogP contribution in [0.1, 0.15) is 0 Å². The second kappa shape index (κ2) is 13.8. The number of fused-ring (bicyclic) bond motifs is 4. The van der Waals surface area contributed by atoms with E-state index in [9.17, 15) is 66.4 Å². The molecule has 0 saturated carbocycles. The van der Waals surface area contributed by atoms with Gasteiger partial charge in [-0.25, -0.2) is 0 Å². The third-order valence-corrected chi connectivity index (χ3v) is 9.12. The Hall–Kier alpha value is -9.46. The Morgan fingerprint density at radius 3 is 1.13 bits per heavy atom. The molecule has 0 atom stereocenters. The number of ether oxygens (including phenoxy) is 7. The topological polar surface area (TPSA) is 328 Å². The van der Waals surface area contributed by atoms with E-state index in [1.807, 2.05) is 0 Å². The van der Waals surface area contributed by atoms with Gasteiger partial charge in [0.05, 0.1) is 11.1 Å². The smallest absolute Gasteiger partial charge is 0.220 e. The third kappa shape index (κ3) is 6.28. The first-order chi connectivity index (χ1) is 29.5. The van der Waals surface area contributed by atoms with E-state index < -0.39 is 155 Å². The van der Waals surface area contributed by atoms with Gasteiger partial charge in [0.25, 0.3) is 0 Å². The summed E-state index contributed by atoms with van der Waals surface area (Å²) in [6, 6.07) is 13.1. The molecule has 0 aromatic heterocycles. The lowest BCUT2D eigenvalue weighted by Crippen LogP contribution is -2.06. The van der Waals surface area contributed by atoms with E-state index in [-0.39, 0.29) is 11.5 Å². The summed E-state index contributed by atoms with van der Waals surface area (Å²) in [7, 11) is 0. The lowest BCUT2D eigenvalue weighted by molar-refractivity contribution is 0.296. The first-order valence-electron chi connectivity index (χ1n) is 17.5. The highest BCUT2D eigenvalue weighted by Gasteiger charge is 2.40. The van der Waals surface area contributed by atoms with Crippen molar-refractivity contribution in [1.29, 1.82) is 0 Å². The molecule has 0 radical (unpaired) electrons. The molecule has 62 heavy (non-hydrogen) atoms. The molecule has 2 aliphatic rings. The summed E-state index contributed by atoms with van der Waals surface area (Å²) < 4.78 is 41.4. The minimum absolute atomic E-state index is 0.222. The molecule has 0 saturated heterocycles. The van der Waals surface area contributed by atoms with Crippen molar-refractivity contribution in [3.8, 4) is 166 Å². The van der Waals surface area contributed by atoms with Gasteiger partial charge in [0, 0.05) is 60.7 Å². The summed E-state index contributed by atoms with van der Waals surface area (Å²) in [6.07, 6.45) is 0. The Bertz CT molecular complexity index is 2990. The summed E-state index contributed by atoms with van der Waals surface area (Å²) >= 11 is 0. The van der Waals surface area contributed by atoms with Crippen LogP contribution >= 0.6 is 0 Å². The Morgan fingerprint density at radius 2 is 0.661 bits per heavy atom. The van der Waals surface area contributed by atoms with E-state index in [0.717, 1.165) is 60.7 Å². The molecule has 20 nitrogen and oxygen atoms in total. The van der Waals surface area contributed by atoms with Crippen molar-refractivity contribution >= 4 is 0 Å². The van der Waals surface area contributed by atoms with Gasteiger partial charge in [-0.2, -0.15) is 0 Å². The minimum Gasteiger partial charge on any atom is -0.508 e. The zero-order valence-electron chi connectivity index (χ0n) is 30.7. The average Bonchev–Trinajstić information content (AvgIpc) is 3.19. The SMILES string of the molecule is Oc1cc(O)cc(Oc2c(O)cc(O)c3c2Oc2c(O)cc(O)c(-c4c(O)cc(O)c5c4Oc4c(O)cc(Oc6c(O)cccc6O)c(Oc6cc(O)cc(O)c6)c4O5)c2O3)c1. The van der Waals surface area contributed by atoms with Crippen molar-refractivity contribution in [2.45, 2.75) is 0 Å². The van der Waals surface area contributed by atoms with Gasteiger partial charge in [-0.05, 0) is 12.1 Å². The van der Waals surface area contributed by atoms with Crippen molar-refractivity contribution in [2.24, 2.45) is 0 Å². The predicted molar refractivity (Wildman–Crippen MR) is 206 cm³/mol. The van der Waals surface area contributed by atoms with Crippen LogP contribution in [0.25, 0.3) is 11.1 Å². The number of rotatable bonds is 7. The predicted octanol–water partition coefficient (Wildman–Crippen LogP) is 8.70. The molecule has 0 unspecified atom stereocenters. The molecule has 7 aromatic rings. The fourth-order valence-corrected chi connectivity index (χ4v) is 6.56. The van der Waals surface area contributed by atoms with E-state index >= 15 is 0 Å². The van der Waals surface area contributed by atoms with Crippen LogP contribution in [0.4, 0.5) is 0 Å². The third-order valence-electron chi connectivity index (χ3n) is 9.12. The van der Waals surface area contributed by atoms with E-state index in [0.29, 0.717) is 0 Å². The molecule has 7 aromatic carbocycles. The van der Waals surface area contributed by atoms with Crippen molar-refractivity contribution in [3.63, 3.8) is 0 Å². The Balaban J connectivity index is 1.19. The van der Waals surface area contributed by atoms with E-state index in [4.69, 9.17) is 33.2 Å². The van der Waals surface area contributed by atoms with Crippen LogP contribution in [0.3, 0.4) is 0 Å². The second-order valence-corrected chi connectivity index (χ2v) is 13.4. The Kier molecular flexibility index (Phi) is 8.50. The molecular formula is C42H26O20. The second-order valence-electron chi connectivity index (χ2n) is 13.4. The first kappa shape index (κ1) is 38.1. The summed E-state index contributed by atoms with van der Waals surface area (Å²) in [5, 5.41) is 139. The fraction of sp³-hybridized carbons (Fsp3) is 0. The van der Waals surface area contributed by atoms with Gasteiger partial charge in [-0.1, -0.05) is 6.07 Å². The van der Waals surface area contributed by atoms with Gasteiger partial charge in [0.15, 0.2) is 57.5 Å². The van der Waals surface area contributed by atoms with Crippen LogP contribution in [-0.2, 0) is 0 Å². The number of phenolic OH excluding ortho intramolecular Hbond substituents is 13. The molecule has 314 valence electrons. The van der Waals surface area contributed by atoms with Crippen molar-refractivity contribution in [3.05, 3.63) is 78.9 Å². The van der Waals surface area contributed by atoms with Gasteiger partial charge in [-0.15, -0.1) is 0 Å². The number of aromatic hydroxyl groups is 13. The fourth-order valence-electron chi connectivity index (χ4n) is 6.56. The zero-order valence-corrected chi connectivity index (χ0v) is 30.7. The molecular weight excluding hydrogens is 824 g/mol. The number of para-hydroxylation sites is 1. The normalized spacial score (nSPS) is 11.9. The molecule has 13 N–H and O–H groups in total. The highest BCUT2D eigenvalue weighted by atomic mass is 16.6. The van der Waals surface area contributed by atoms with E-state index in [1.54, 1.807) is 0 Å². The van der Waals surface area contributed by atoms with Crippen LogP contribution in [0.2, 0.25) is 0 Å². The molecule has 0 aliphatic carbocycles. The molecule has 2 aliphatic heterocycles. The van der Waals surface area contributed by atoms with Crippen LogP contribution in [0, 0.1) is 0 Å². The van der Waals surface area contributed by atoms with Gasteiger partial charge >= 0.3 is 0 Å². The van der Waals surface area contributed by atoms with Crippen LogP contribution < -0.4 is 33.2 Å². The average molecular weight is 851 g/mol. The van der Waals surface area contributed by atoms with Crippen molar-refractivity contribution in [2.75, 3.05) is 0 Å². The standard InChI is InChI=1S/C42H26O20/c43-14-4-15(44)7-18(6-14)56-35-26(53)12-27(54)36-41(35)61-33-24(51)10-22(49)30(39(33)59-36)31-23(50)11-25(52)34-40(31)60-37-28(55)13-29(58-32-20(47)2-1-3-21(32)48)38(42(37)62-34)57-19-8-16(45)5-17(46)9-19/h1-13,43-55H. The quantitative estimate of drug-likeness (QED) is 0.0712. The van der Waals surface area contributed by atoms with Crippen molar-refractivity contribution < 1.29 is 99.5 Å². The molecule has 20 heteroatoms. The Morgan fingerprint density at radius 1 is 0.290 bits per heavy atom. The van der Waals surface area contributed by atoms with Crippen LogP contribution in [-0.4, -0.2) is 66.4 Å². The molecule has 0 fully saturated rings. The maximum atomic E-state index is 11.4. The number of hydrogen-bond acceptors (Lipinski definition) is 20. The number of hydrogen-bond donors (Lipinski definition) is 13. The van der Waals surface area contributed by atoms with Gasteiger partial charge < -0.3 is 99.5 Å². The molecule has 9 rings (SSSR count). The van der Waals surface area contributed by atoms with Gasteiger partial charge in [0.1, 0.15) is 46.0 Å². The Labute approximate surface area is 344 Å². The molecule has 0 bridgehead atoms. The first-order valence-corrected chi connectivity index (χ1v) is 17.5. The van der Waals surface area contributed by atoms with Gasteiger partial charge in [0.2, 0.25) is 51.7 Å². The van der Waals surface area contributed by atoms with E-state index in [1.165, 1.54) is 18.2 Å².